The van der Waals surface area contributed by atoms with E-state index in [1.165, 1.54) is 0 Å². The maximum Gasteiger partial charge on any atom is 0.163 e. The molecule has 1 heterocycles. The molecule has 0 saturated carbocycles. The molecule has 0 amide bonds. The van der Waals surface area contributed by atoms with Crippen molar-refractivity contribution in [1.82, 2.24) is 14.8 Å². The number of benzene rings is 1. The van der Waals surface area contributed by atoms with E-state index in [4.69, 9.17) is 16.7 Å². The molecule has 0 aliphatic heterocycles. The molecule has 4 nitrogen and oxygen atoms in total. The Kier molecular flexibility index (Phi) is 3.04. The lowest BCUT2D eigenvalue weighted by Crippen LogP contribution is -2.00. The van der Waals surface area contributed by atoms with Crippen LogP contribution in [0.5, 0.6) is 0 Å². The number of aromatic nitrogens is 3. The van der Waals surface area contributed by atoms with E-state index in [1.807, 2.05) is 6.07 Å². The van der Waals surface area contributed by atoms with E-state index >= 15 is 0 Å². The van der Waals surface area contributed by atoms with Gasteiger partial charge in [-0.05, 0) is 34.1 Å². The van der Waals surface area contributed by atoms with Crippen molar-refractivity contribution in [2.45, 2.75) is 6.61 Å². The second kappa shape index (κ2) is 4.30. The molecule has 0 radical (unpaired) electrons. The molecule has 0 atom stereocenters. The Morgan fingerprint density at radius 1 is 1.47 bits per heavy atom. The Morgan fingerprint density at radius 3 is 2.93 bits per heavy atom. The second-order valence-corrected chi connectivity index (χ2v) is 4.16. The van der Waals surface area contributed by atoms with E-state index in [-0.39, 0.29) is 6.61 Å². The molecule has 1 aromatic carbocycles. The number of hydrogen-bond acceptors (Lipinski definition) is 3. The van der Waals surface area contributed by atoms with Crippen LogP contribution in [-0.2, 0) is 6.61 Å². The lowest BCUT2D eigenvalue weighted by Gasteiger charge is -2.07. The summed E-state index contributed by atoms with van der Waals surface area (Å²) < 4.78 is 2.52. The first-order valence-corrected chi connectivity index (χ1v) is 5.34. The quantitative estimate of drug-likeness (QED) is 0.921. The summed E-state index contributed by atoms with van der Waals surface area (Å²) >= 11 is 9.22. The van der Waals surface area contributed by atoms with Crippen LogP contribution in [0.3, 0.4) is 0 Å². The predicted molar refractivity (Wildman–Crippen MR) is 60.0 cm³/mol. The SMILES string of the molecule is OCc1nncn1-c1ccc(Cl)cc1Br. The number of aliphatic hydroxyl groups excluding tert-OH is 1. The average molecular weight is 289 g/mol. The normalized spacial score (nSPS) is 10.6. The van der Waals surface area contributed by atoms with E-state index in [2.05, 4.69) is 26.1 Å². The van der Waals surface area contributed by atoms with E-state index in [1.54, 1.807) is 23.0 Å². The molecule has 6 heteroatoms. The monoisotopic (exact) mass is 287 g/mol. The first-order valence-electron chi connectivity index (χ1n) is 4.17. The van der Waals surface area contributed by atoms with E-state index < -0.39 is 0 Å². The Balaban J connectivity index is 2.54. The zero-order chi connectivity index (χ0) is 10.8. The molecule has 0 aliphatic carbocycles. The van der Waals surface area contributed by atoms with Gasteiger partial charge in [-0.25, -0.2) is 0 Å². The van der Waals surface area contributed by atoms with Crippen LogP contribution in [0.25, 0.3) is 5.69 Å². The van der Waals surface area contributed by atoms with Crippen LogP contribution < -0.4 is 0 Å². The van der Waals surface area contributed by atoms with Gasteiger partial charge in [0.15, 0.2) is 5.82 Å². The van der Waals surface area contributed by atoms with Gasteiger partial charge in [0.25, 0.3) is 0 Å². The van der Waals surface area contributed by atoms with Crippen LogP contribution >= 0.6 is 27.5 Å². The standard InChI is InChI=1S/C9H7BrClN3O/c10-7-3-6(11)1-2-8(7)14-5-12-13-9(14)4-15/h1-3,5,15H,4H2. The molecule has 78 valence electrons. The zero-order valence-electron chi connectivity index (χ0n) is 7.56. The third kappa shape index (κ3) is 2.04. The Morgan fingerprint density at radius 2 is 2.27 bits per heavy atom. The summed E-state index contributed by atoms with van der Waals surface area (Å²) in [5.74, 6) is 0.484. The zero-order valence-corrected chi connectivity index (χ0v) is 9.90. The smallest absolute Gasteiger partial charge is 0.163 e. The third-order valence-electron chi connectivity index (χ3n) is 1.93. The van der Waals surface area contributed by atoms with Crippen molar-refractivity contribution in [3.63, 3.8) is 0 Å². The van der Waals surface area contributed by atoms with Gasteiger partial charge in [-0.3, -0.25) is 4.57 Å². The highest BCUT2D eigenvalue weighted by Crippen LogP contribution is 2.25. The van der Waals surface area contributed by atoms with Crippen LogP contribution in [0, 0.1) is 0 Å². The minimum absolute atomic E-state index is 0.158. The van der Waals surface area contributed by atoms with Crippen molar-refractivity contribution in [2.75, 3.05) is 0 Å². The lowest BCUT2D eigenvalue weighted by molar-refractivity contribution is 0.269. The first-order chi connectivity index (χ1) is 7.22. The van der Waals surface area contributed by atoms with Gasteiger partial charge in [0.1, 0.15) is 12.9 Å². The molecule has 0 fully saturated rings. The molecule has 15 heavy (non-hydrogen) atoms. The maximum absolute atomic E-state index is 9.05. The van der Waals surface area contributed by atoms with Gasteiger partial charge in [0.2, 0.25) is 0 Å². The fourth-order valence-corrected chi connectivity index (χ4v) is 2.12. The van der Waals surface area contributed by atoms with Crippen LogP contribution in [0.15, 0.2) is 29.0 Å². The Hall–Kier alpha value is -0.910. The Labute approximate surface area is 99.6 Å². The third-order valence-corrected chi connectivity index (χ3v) is 2.80. The highest BCUT2D eigenvalue weighted by molar-refractivity contribution is 9.10. The molecular formula is C9H7BrClN3O. The highest BCUT2D eigenvalue weighted by Gasteiger charge is 2.08. The minimum Gasteiger partial charge on any atom is -0.388 e. The van der Waals surface area contributed by atoms with Gasteiger partial charge < -0.3 is 5.11 Å². The molecule has 1 N–H and O–H groups in total. The van der Waals surface area contributed by atoms with E-state index in [9.17, 15) is 0 Å². The topological polar surface area (TPSA) is 50.9 Å². The van der Waals surface area contributed by atoms with Gasteiger partial charge in [0, 0.05) is 9.50 Å². The summed E-state index contributed by atoms with van der Waals surface area (Å²) in [5.41, 5.74) is 0.841. The van der Waals surface area contributed by atoms with Crippen LogP contribution in [0.4, 0.5) is 0 Å². The van der Waals surface area contributed by atoms with Crippen molar-refractivity contribution < 1.29 is 5.11 Å². The summed E-state index contributed by atoms with van der Waals surface area (Å²) in [6.45, 7) is -0.158. The fourth-order valence-electron chi connectivity index (χ4n) is 1.24. The van der Waals surface area contributed by atoms with E-state index in [0.29, 0.717) is 10.8 Å². The Bertz CT molecular complexity index is 486. The largest absolute Gasteiger partial charge is 0.388 e. The van der Waals surface area contributed by atoms with Gasteiger partial charge in [-0.1, -0.05) is 11.6 Å². The van der Waals surface area contributed by atoms with E-state index in [0.717, 1.165) is 10.2 Å². The fraction of sp³-hybridized carbons (Fsp3) is 0.111. The molecular weight excluding hydrogens is 281 g/mol. The number of rotatable bonds is 2. The maximum atomic E-state index is 9.05. The number of aliphatic hydroxyl groups is 1. The lowest BCUT2D eigenvalue weighted by atomic mass is 10.3. The van der Waals surface area contributed by atoms with Crippen molar-refractivity contribution in [1.29, 1.82) is 0 Å². The molecule has 1 aromatic heterocycles. The summed E-state index contributed by atoms with van der Waals surface area (Å²) in [4.78, 5) is 0. The van der Waals surface area contributed by atoms with Crippen molar-refractivity contribution in [3.8, 4) is 5.69 Å². The molecule has 0 unspecified atom stereocenters. The summed E-state index contributed by atoms with van der Waals surface area (Å²) in [5, 5.41) is 17.2. The molecule has 0 aliphatic rings. The summed E-state index contributed by atoms with van der Waals surface area (Å²) in [7, 11) is 0. The number of halogens is 2. The minimum atomic E-state index is -0.158. The average Bonchev–Trinajstić information content (AvgIpc) is 2.65. The number of nitrogens with zero attached hydrogens (tertiary/aromatic N) is 3. The summed E-state index contributed by atoms with van der Waals surface area (Å²) in [6.07, 6.45) is 1.54. The molecule has 0 spiro atoms. The molecule has 2 rings (SSSR count). The molecule has 0 saturated heterocycles. The van der Waals surface area contributed by atoms with Crippen molar-refractivity contribution in [3.05, 3.63) is 39.8 Å². The van der Waals surface area contributed by atoms with Crippen molar-refractivity contribution >= 4 is 27.5 Å². The first kappa shape index (κ1) is 10.6. The number of hydrogen-bond donors (Lipinski definition) is 1. The summed E-state index contributed by atoms with van der Waals surface area (Å²) in [6, 6.07) is 5.37. The van der Waals surface area contributed by atoms with Gasteiger partial charge in [-0.15, -0.1) is 10.2 Å². The second-order valence-electron chi connectivity index (χ2n) is 2.87. The van der Waals surface area contributed by atoms with Crippen molar-refractivity contribution in [2.24, 2.45) is 0 Å². The van der Waals surface area contributed by atoms with Crippen LogP contribution in [0.2, 0.25) is 5.02 Å². The highest BCUT2D eigenvalue weighted by atomic mass is 79.9. The van der Waals surface area contributed by atoms with Gasteiger partial charge in [0.05, 0.1) is 5.69 Å². The predicted octanol–water partition coefficient (Wildman–Crippen LogP) is 2.18. The molecule has 2 aromatic rings. The van der Waals surface area contributed by atoms with Gasteiger partial charge >= 0.3 is 0 Å². The van der Waals surface area contributed by atoms with Crippen LogP contribution in [-0.4, -0.2) is 19.9 Å². The van der Waals surface area contributed by atoms with Gasteiger partial charge in [-0.2, -0.15) is 0 Å². The molecule has 0 bridgehead atoms. The van der Waals surface area contributed by atoms with Crippen LogP contribution in [0.1, 0.15) is 5.82 Å².